The molecule has 0 amide bonds. The van der Waals surface area contributed by atoms with Crippen molar-refractivity contribution in [2.45, 2.75) is 32.6 Å². The molecule has 0 aliphatic heterocycles. The van der Waals surface area contributed by atoms with Crippen LogP contribution in [-0.2, 0) is 33.3 Å². The Labute approximate surface area is 169 Å². The summed E-state index contributed by atoms with van der Waals surface area (Å²) in [6.45, 7) is 3.79. The van der Waals surface area contributed by atoms with E-state index < -0.39 is 5.41 Å². The molecular formula is C19H34NO7P. The van der Waals surface area contributed by atoms with Crippen LogP contribution in [0.15, 0.2) is 0 Å². The molecule has 8 nitrogen and oxygen atoms in total. The smallest absolute Gasteiger partial charge is 0.138 e. The number of ether oxygens (including phenoxy) is 4. The minimum absolute atomic E-state index is 0.0438. The standard InChI is InChI=1S/C19H34NO7P/c1-17(22)4-10-26-15-19(13-24-8-2-6-20,14-25-9-3-7-21)16-27-11-5-18(23)12-28/h6-7,20H,2-5,8-16,28H2,1H3. The average Bonchev–Trinajstić information content (AvgIpc) is 2.68. The van der Waals surface area contributed by atoms with Crippen molar-refractivity contribution in [3.63, 3.8) is 0 Å². The first kappa shape index (κ1) is 27.0. The lowest BCUT2D eigenvalue weighted by Gasteiger charge is -2.33. The molecule has 2 unspecified atom stereocenters. The van der Waals surface area contributed by atoms with Crippen molar-refractivity contribution in [2.24, 2.45) is 5.41 Å². The maximum atomic E-state index is 11.4. The topological polar surface area (TPSA) is 112 Å². The molecule has 0 radical (unpaired) electrons. The Hall–Kier alpha value is -1.05. The molecule has 0 fully saturated rings. The van der Waals surface area contributed by atoms with Crippen molar-refractivity contribution in [3.05, 3.63) is 0 Å². The van der Waals surface area contributed by atoms with Gasteiger partial charge in [-0.15, -0.1) is 9.24 Å². The summed E-state index contributed by atoms with van der Waals surface area (Å²) in [6, 6.07) is 0. The van der Waals surface area contributed by atoms with Crippen molar-refractivity contribution in [1.82, 2.24) is 0 Å². The predicted molar refractivity (Wildman–Crippen MR) is 109 cm³/mol. The van der Waals surface area contributed by atoms with Gasteiger partial charge in [0.05, 0.1) is 58.3 Å². The van der Waals surface area contributed by atoms with Crippen molar-refractivity contribution < 1.29 is 33.3 Å². The largest absolute Gasteiger partial charge is 0.380 e. The third-order valence-corrected chi connectivity index (χ3v) is 4.23. The van der Waals surface area contributed by atoms with E-state index in [9.17, 15) is 14.4 Å². The normalized spacial score (nSPS) is 13.1. The molecule has 28 heavy (non-hydrogen) atoms. The van der Waals surface area contributed by atoms with E-state index in [1.165, 1.54) is 13.1 Å². The number of aldehydes is 1. The fraction of sp³-hybridized carbons (Fsp3) is 0.789. The molecular weight excluding hydrogens is 385 g/mol. The molecule has 0 saturated carbocycles. The first-order valence-electron chi connectivity index (χ1n) is 9.44. The van der Waals surface area contributed by atoms with Crippen LogP contribution >= 0.6 is 9.24 Å². The Balaban J connectivity index is 4.85. The summed E-state index contributed by atoms with van der Waals surface area (Å²) in [4.78, 5) is 33.1. The zero-order chi connectivity index (χ0) is 21.1. The van der Waals surface area contributed by atoms with Crippen molar-refractivity contribution in [3.8, 4) is 0 Å². The van der Waals surface area contributed by atoms with Gasteiger partial charge in [0.2, 0.25) is 0 Å². The van der Waals surface area contributed by atoms with Crippen LogP contribution < -0.4 is 0 Å². The zero-order valence-electron chi connectivity index (χ0n) is 16.8. The van der Waals surface area contributed by atoms with Crippen molar-refractivity contribution >= 4 is 33.3 Å². The quantitative estimate of drug-likeness (QED) is 0.130. The molecule has 0 saturated heterocycles. The summed E-state index contributed by atoms with van der Waals surface area (Å²) in [5.74, 6) is 0.139. The molecule has 0 heterocycles. The van der Waals surface area contributed by atoms with Crippen LogP contribution in [0, 0.1) is 10.8 Å². The van der Waals surface area contributed by atoms with Crippen LogP contribution in [-0.4, -0.2) is 83.1 Å². The SMILES string of the molecule is CC(=O)CCOCC(COCCC=N)(COCCC=O)COCCC(=O)CP. The van der Waals surface area contributed by atoms with Gasteiger partial charge in [-0.25, -0.2) is 0 Å². The fourth-order valence-electron chi connectivity index (χ4n) is 2.18. The number of nitrogens with one attached hydrogen (secondary N) is 1. The molecule has 162 valence electrons. The van der Waals surface area contributed by atoms with E-state index in [0.29, 0.717) is 38.5 Å². The van der Waals surface area contributed by atoms with Gasteiger partial charge in [0.15, 0.2) is 0 Å². The van der Waals surface area contributed by atoms with Gasteiger partial charge in [0.1, 0.15) is 17.9 Å². The average molecular weight is 419 g/mol. The van der Waals surface area contributed by atoms with Gasteiger partial charge >= 0.3 is 0 Å². The Bertz CT molecular complexity index is 444. The van der Waals surface area contributed by atoms with Crippen LogP contribution in [0.4, 0.5) is 0 Å². The van der Waals surface area contributed by atoms with Crippen molar-refractivity contribution in [1.29, 1.82) is 5.41 Å². The molecule has 1 N–H and O–H groups in total. The summed E-state index contributed by atoms with van der Waals surface area (Å²) < 4.78 is 22.7. The van der Waals surface area contributed by atoms with Crippen LogP contribution in [0.1, 0.15) is 32.6 Å². The zero-order valence-corrected chi connectivity index (χ0v) is 17.9. The van der Waals surface area contributed by atoms with E-state index >= 15 is 0 Å². The van der Waals surface area contributed by atoms with Gasteiger partial charge in [-0.1, -0.05) is 0 Å². The van der Waals surface area contributed by atoms with Gasteiger partial charge in [-0.2, -0.15) is 0 Å². The minimum atomic E-state index is -0.633. The molecule has 0 aliphatic carbocycles. The molecule has 0 rings (SSSR count). The Morgan fingerprint density at radius 2 is 1.39 bits per heavy atom. The second-order valence-electron chi connectivity index (χ2n) is 6.60. The van der Waals surface area contributed by atoms with Crippen molar-refractivity contribution in [2.75, 3.05) is 59.0 Å². The van der Waals surface area contributed by atoms with Crippen LogP contribution in [0.25, 0.3) is 0 Å². The van der Waals surface area contributed by atoms with E-state index in [4.69, 9.17) is 24.4 Å². The molecule has 0 spiro atoms. The molecule has 0 aromatic carbocycles. The Morgan fingerprint density at radius 1 is 0.893 bits per heavy atom. The summed E-state index contributed by atoms with van der Waals surface area (Å²) in [7, 11) is 2.39. The molecule has 0 aromatic heterocycles. The third-order valence-electron chi connectivity index (χ3n) is 3.77. The van der Waals surface area contributed by atoms with E-state index in [0.717, 1.165) is 6.29 Å². The Morgan fingerprint density at radius 3 is 1.86 bits per heavy atom. The summed E-state index contributed by atoms with van der Waals surface area (Å²) in [5.41, 5.74) is -0.633. The number of hydrogen-bond acceptors (Lipinski definition) is 8. The highest BCUT2D eigenvalue weighted by Gasteiger charge is 2.32. The molecule has 0 bridgehead atoms. The van der Waals surface area contributed by atoms with Gasteiger partial charge in [0, 0.05) is 31.8 Å². The number of carbonyl (C=O) groups excluding carboxylic acids is 3. The number of rotatable bonds is 21. The molecule has 0 aliphatic rings. The number of hydrogen-bond donors (Lipinski definition) is 1. The Kier molecular flexibility index (Phi) is 17.3. The highest BCUT2D eigenvalue weighted by molar-refractivity contribution is 7.18. The van der Waals surface area contributed by atoms with Crippen LogP contribution in [0.3, 0.4) is 0 Å². The number of Topliss-reactive ketones (excluding diaryl/α,β-unsaturated/α-hetero) is 2. The van der Waals surface area contributed by atoms with Crippen LogP contribution in [0.5, 0.6) is 0 Å². The van der Waals surface area contributed by atoms with Gasteiger partial charge < -0.3 is 29.2 Å². The van der Waals surface area contributed by atoms with E-state index in [1.54, 1.807) is 0 Å². The van der Waals surface area contributed by atoms with Gasteiger partial charge in [0.25, 0.3) is 0 Å². The van der Waals surface area contributed by atoms with Gasteiger partial charge in [-0.3, -0.25) is 9.59 Å². The van der Waals surface area contributed by atoms with E-state index in [-0.39, 0.29) is 57.8 Å². The summed E-state index contributed by atoms with van der Waals surface area (Å²) in [6.07, 6.45) is 3.89. The minimum Gasteiger partial charge on any atom is -0.380 e. The highest BCUT2D eigenvalue weighted by Crippen LogP contribution is 2.21. The number of carbonyl (C=O) groups is 3. The fourth-order valence-corrected chi connectivity index (χ4v) is 2.39. The van der Waals surface area contributed by atoms with Gasteiger partial charge in [-0.05, 0) is 13.1 Å². The first-order chi connectivity index (χ1) is 13.5. The number of ketones is 2. The lowest BCUT2D eigenvalue weighted by atomic mass is 9.92. The highest BCUT2D eigenvalue weighted by atomic mass is 31.0. The van der Waals surface area contributed by atoms with E-state index in [1.807, 2.05) is 0 Å². The monoisotopic (exact) mass is 419 g/mol. The summed E-state index contributed by atoms with van der Waals surface area (Å²) >= 11 is 0. The second-order valence-corrected chi connectivity index (χ2v) is 7.01. The maximum absolute atomic E-state index is 11.4. The van der Waals surface area contributed by atoms with E-state index in [2.05, 4.69) is 9.24 Å². The molecule has 9 heteroatoms. The second kappa shape index (κ2) is 18.0. The lowest BCUT2D eigenvalue weighted by Crippen LogP contribution is -2.42. The van der Waals surface area contributed by atoms with Crippen LogP contribution in [0.2, 0.25) is 0 Å². The maximum Gasteiger partial charge on any atom is 0.138 e. The predicted octanol–water partition coefficient (Wildman–Crippen LogP) is 1.48. The summed E-state index contributed by atoms with van der Waals surface area (Å²) in [5, 5.41) is 7.09. The lowest BCUT2D eigenvalue weighted by molar-refractivity contribution is -0.123. The molecule has 2 atom stereocenters. The molecule has 0 aromatic rings. The first-order valence-corrected chi connectivity index (χ1v) is 10.3. The third kappa shape index (κ3) is 14.9.